The van der Waals surface area contributed by atoms with Crippen LogP contribution < -0.4 is 10.6 Å². The molecular weight excluding hydrogens is 1060 g/mol. The predicted octanol–water partition coefficient (Wildman–Crippen LogP) is 11.8. The Morgan fingerprint density at radius 2 is 0.922 bits per heavy atom. The molecule has 6 aromatic rings. The number of β-amino-alcohol motifs (C(OH)–C–C–N with tert-alkyl or cyclic N) is 2. The fourth-order valence-corrected chi connectivity index (χ4v) is 8.65. The van der Waals surface area contributed by atoms with Crippen molar-refractivity contribution in [1.82, 2.24) is 10.6 Å². The van der Waals surface area contributed by atoms with E-state index in [1.165, 1.54) is 12.1 Å². The average molecular weight is 1130 g/mol. The Kier molecular flexibility index (Phi) is 23.9. The van der Waals surface area contributed by atoms with Gasteiger partial charge >= 0.3 is 22.3 Å². The van der Waals surface area contributed by atoms with E-state index in [4.69, 9.17) is 50.2 Å². The third-order valence-electron chi connectivity index (χ3n) is 12.3. The van der Waals surface area contributed by atoms with Gasteiger partial charge in [-0.15, -0.1) is 0 Å². The Labute approximate surface area is 459 Å². The van der Waals surface area contributed by atoms with Crippen LogP contribution in [0.1, 0.15) is 108 Å². The van der Waals surface area contributed by atoms with Gasteiger partial charge < -0.3 is 40.5 Å². The Balaban J connectivity index is 0.000000305. The molecule has 19 heteroatoms. The molecule has 8 N–H and O–H groups in total. The summed E-state index contributed by atoms with van der Waals surface area (Å²) in [6, 6.07) is 35.7. The predicted molar refractivity (Wildman–Crippen MR) is 296 cm³/mol. The van der Waals surface area contributed by atoms with E-state index in [9.17, 15) is 38.8 Å². The molecule has 0 radical (unpaired) electrons. The van der Waals surface area contributed by atoms with Crippen molar-refractivity contribution in [1.29, 1.82) is 0 Å². The number of carboxylic acids is 2. The zero-order chi connectivity index (χ0) is 57.4. The van der Waals surface area contributed by atoms with Crippen molar-refractivity contribution < 1.29 is 65.8 Å². The number of ether oxygens (including phenoxy) is 2. The molecule has 0 heterocycles. The summed E-state index contributed by atoms with van der Waals surface area (Å²) in [6.07, 6.45) is -0.923. The van der Waals surface area contributed by atoms with E-state index < -0.39 is 46.2 Å². The van der Waals surface area contributed by atoms with E-state index in [0.29, 0.717) is 37.1 Å². The van der Waals surface area contributed by atoms with Gasteiger partial charge in [0.25, 0.3) is 0 Å². The first kappa shape index (κ1) is 63.9. The molecule has 0 saturated carbocycles. The minimum absolute atomic E-state index is 0.0974. The molecule has 0 aliphatic carbocycles. The fourth-order valence-electron chi connectivity index (χ4n) is 8.41. The molecule has 0 bridgehead atoms. The van der Waals surface area contributed by atoms with Gasteiger partial charge in [-0.25, -0.2) is 18.4 Å². The Hall–Kier alpha value is -5.67. The van der Waals surface area contributed by atoms with Crippen LogP contribution in [0.4, 0.5) is 8.78 Å². The summed E-state index contributed by atoms with van der Waals surface area (Å²) >= 11 is 11.5. The Morgan fingerprint density at radius 1 is 0.584 bits per heavy atom. The molecule has 14 nitrogen and oxygen atoms in total. The molecule has 0 aromatic heterocycles. The summed E-state index contributed by atoms with van der Waals surface area (Å²) in [7, 11) is -4.67. The van der Waals surface area contributed by atoms with E-state index in [1.807, 2.05) is 102 Å². The van der Waals surface area contributed by atoms with Gasteiger partial charge in [-0.2, -0.15) is 8.42 Å². The summed E-state index contributed by atoms with van der Waals surface area (Å²) in [6.45, 7) is 16.3. The lowest BCUT2D eigenvalue weighted by molar-refractivity contribution is -0.00397. The third kappa shape index (κ3) is 21.2. The summed E-state index contributed by atoms with van der Waals surface area (Å²) in [5.74, 6) is -2.79. The molecule has 0 saturated heterocycles. The molecule has 0 aliphatic heterocycles. The van der Waals surface area contributed by atoms with Crippen LogP contribution in [-0.4, -0.2) is 99.5 Å². The van der Waals surface area contributed by atoms with Crippen LogP contribution in [0.15, 0.2) is 121 Å². The number of halogens is 4. The number of rotatable bonds is 22. The van der Waals surface area contributed by atoms with Crippen molar-refractivity contribution in [3.63, 3.8) is 0 Å². The van der Waals surface area contributed by atoms with Gasteiger partial charge in [-0.3, -0.25) is 9.11 Å². The molecular formula is C58H68Cl2F2N2O12S. The standard InChI is InChI=1S/2C29H33ClFNO4.H2O4S/c2*1-18-13-21(10-11-23(18)28(34)35)25-8-6-5-7-24(25)19(2)36-17-22(33)16-32-29(3,4)15-20-9-12-26(30)27(31)14-20;1-5(2,3)4/h2*5-14,19,22,32-33H,15-17H2,1-4H3,(H,34,35);(H2,1,2,3,4)/t2*19-,22-;/m11./s1. The lowest BCUT2D eigenvalue weighted by atomic mass is 9.94. The normalized spacial score (nSPS) is 13.3. The maximum atomic E-state index is 13.8. The quantitative estimate of drug-likeness (QED) is 0.0296. The van der Waals surface area contributed by atoms with E-state index in [1.54, 1.807) is 62.4 Å². The second-order valence-corrected chi connectivity index (χ2v) is 21.6. The van der Waals surface area contributed by atoms with Crippen molar-refractivity contribution in [3.8, 4) is 22.3 Å². The average Bonchev–Trinajstić information content (AvgIpc) is 3.35. The number of aliphatic hydroxyl groups is 2. The van der Waals surface area contributed by atoms with Crippen LogP contribution in [0.2, 0.25) is 10.0 Å². The van der Waals surface area contributed by atoms with E-state index >= 15 is 0 Å². The van der Waals surface area contributed by atoms with E-state index in [-0.39, 0.29) is 57.7 Å². The maximum absolute atomic E-state index is 13.8. The summed E-state index contributed by atoms with van der Waals surface area (Å²) in [4.78, 5) is 22.7. The minimum Gasteiger partial charge on any atom is -0.478 e. The molecule has 0 spiro atoms. The fraction of sp³-hybridized carbons (Fsp3) is 0.345. The van der Waals surface area contributed by atoms with Gasteiger partial charge in [0.05, 0.1) is 58.8 Å². The summed E-state index contributed by atoms with van der Waals surface area (Å²) in [5, 5.41) is 46.6. The second-order valence-electron chi connectivity index (χ2n) is 19.9. The van der Waals surface area contributed by atoms with Crippen LogP contribution >= 0.6 is 23.2 Å². The number of aromatic carboxylic acids is 2. The number of aliphatic hydroxyl groups excluding tert-OH is 2. The molecule has 0 unspecified atom stereocenters. The van der Waals surface area contributed by atoms with Gasteiger partial charge in [0.15, 0.2) is 0 Å². The first-order valence-electron chi connectivity index (χ1n) is 24.5. The molecule has 6 rings (SSSR count). The lowest BCUT2D eigenvalue weighted by Gasteiger charge is -2.28. The highest BCUT2D eigenvalue weighted by Crippen LogP contribution is 2.33. The number of hydrogen-bond donors (Lipinski definition) is 8. The van der Waals surface area contributed by atoms with Crippen LogP contribution in [0.5, 0.6) is 0 Å². The monoisotopic (exact) mass is 1120 g/mol. The van der Waals surface area contributed by atoms with Crippen LogP contribution in [0, 0.1) is 25.5 Å². The number of hydrogen-bond acceptors (Lipinski definition) is 10. The number of nitrogens with one attached hydrogen (secondary N) is 2. The lowest BCUT2D eigenvalue weighted by Crippen LogP contribution is -2.46. The zero-order valence-electron chi connectivity index (χ0n) is 44.2. The van der Waals surface area contributed by atoms with E-state index in [0.717, 1.165) is 44.5 Å². The van der Waals surface area contributed by atoms with Crippen LogP contribution in [0.25, 0.3) is 22.3 Å². The molecule has 77 heavy (non-hydrogen) atoms. The number of carbonyl (C=O) groups is 2. The first-order chi connectivity index (χ1) is 35.9. The minimum atomic E-state index is -4.67. The molecule has 0 aliphatic rings. The topological polar surface area (TPSA) is 232 Å². The highest BCUT2D eigenvalue weighted by Gasteiger charge is 2.24. The highest BCUT2D eigenvalue weighted by molar-refractivity contribution is 7.79. The summed E-state index contributed by atoms with van der Waals surface area (Å²) < 4.78 is 71.1. The van der Waals surface area contributed by atoms with Crippen molar-refractivity contribution in [2.45, 2.75) is 104 Å². The second kappa shape index (κ2) is 28.8. The molecule has 6 aromatic carbocycles. The van der Waals surface area contributed by atoms with Crippen LogP contribution in [0.3, 0.4) is 0 Å². The smallest absolute Gasteiger partial charge is 0.394 e. The van der Waals surface area contributed by atoms with Gasteiger partial charge in [-0.05, 0) is 160 Å². The molecule has 416 valence electrons. The molecule has 4 atom stereocenters. The maximum Gasteiger partial charge on any atom is 0.394 e. The Bertz CT molecular complexity index is 2870. The number of benzene rings is 6. The van der Waals surface area contributed by atoms with Crippen molar-refractivity contribution >= 4 is 45.5 Å². The highest BCUT2D eigenvalue weighted by atomic mass is 35.5. The Morgan fingerprint density at radius 3 is 1.23 bits per heavy atom. The largest absolute Gasteiger partial charge is 0.478 e. The molecule has 0 amide bonds. The van der Waals surface area contributed by atoms with Gasteiger partial charge in [-0.1, -0.05) is 108 Å². The van der Waals surface area contributed by atoms with Crippen molar-refractivity contribution in [2.24, 2.45) is 0 Å². The van der Waals surface area contributed by atoms with Gasteiger partial charge in [0.2, 0.25) is 0 Å². The zero-order valence-corrected chi connectivity index (χ0v) is 46.5. The van der Waals surface area contributed by atoms with Crippen molar-refractivity contribution in [3.05, 3.63) is 188 Å². The number of aryl methyl sites for hydroxylation is 2. The SMILES string of the molecule is Cc1cc(-c2ccccc2[C@@H](C)OC[C@H](O)CNC(C)(C)Cc2ccc(Cl)c(F)c2)ccc1C(=O)O.Cc1cc(-c2ccccc2[C@@H](C)OC[C@H](O)CNC(C)(C)Cc2ccc(Cl)c(F)c2)ccc1C(=O)O.O=S(=O)(O)O. The first-order valence-corrected chi connectivity index (χ1v) is 26.6. The molecule has 0 fully saturated rings. The third-order valence-corrected chi connectivity index (χ3v) is 12.9. The number of carboxylic acid groups (broad SMARTS) is 2. The van der Waals surface area contributed by atoms with E-state index in [2.05, 4.69) is 10.6 Å². The van der Waals surface area contributed by atoms with Crippen LogP contribution in [-0.2, 0) is 32.7 Å². The van der Waals surface area contributed by atoms with Gasteiger partial charge in [0, 0.05) is 24.2 Å². The van der Waals surface area contributed by atoms with Gasteiger partial charge in [0.1, 0.15) is 11.6 Å². The summed E-state index contributed by atoms with van der Waals surface area (Å²) in [5.41, 5.74) is 8.44. The van der Waals surface area contributed by atoms with Crippen molar-refractivity contribution in [2.75, 3.05) is 26.3 Å².